The monoisotopic (exact) mass is 257 g/mol. The second kappa shape index (κ2) is 5.52. The third-order valence-corrected chi connectivity index (χ3v) is 2.64. The zero-order valence-electron chi connectivity index (χ0n) is 10.9. The summed E-state index contributed by atoms with van der Waals surface area (Å²) in [4.78, 5) is 26.3. The average Bonchev–Trinajstić information content (AvgIpc) is 2.79. The minimum Gasteiger partial charge on any atom is -0.454 e. The lowest BCUT2D eigenvalue weighted by atomic mass is 10.1. The fourth-order valence-electron chi connectivity index (χ4n) is 1.79. The Kier molecular flexibility index (Phi) is 3.80. The molecule has 1 heterocycles. The molecule has 0 aliphatic heterocycles. The maximum atomic E-state index is 12.0. The normalized spacial score (nSPS) is 10.2. The van der Waals surface area contributed by atoms with Gasteiger partial charge in [0.05, 0.1) is 0 Å². The molecule has 0 aliphatic rings. The summed E-state index contributed by atoms with van der Waals surface area (Å²) in [6.45, 7) is 3.34. The fraction of sp³-hybridized carbons (Fsp3) is 0.200. The van der Waals surface area contributed by atoms with E-state index in [-0.39, 0.29) is 12.4 Å². The van der Waals surface area contributed by atoms with E-state index in [1.165, 1.54) is 6.08 Å². The van der Waals surface area contributed by atoms with Crippen molar-refractivity contribution in [1.29, 1.82) is 0 Å². The third-order valence-electron chi connectivity index (χ3n) is 2.64. The number of nitrogens with one attached hydrogen (secondary N) is 1. The molecule has 2 aromatic rings. The van der Waals surface area contributed by atoms with Crippen molar-refractivity contribution in [2.24, 2.45) is 0 Å². The Bertz CT molecular complexity index is 648. The van der Waals surface area contributed by atoms with Crippen LogP contribution < -0.4 is 0 Å². The first-order valence-electron chi connectivity index (χ1n) is 5.99. The number of carbonyl (C=O) groups is 2. The molecule has 0 aliphatic carbocycles. The van der Waals surface area contributed by atoms with Crippen LogP contribution >= 0.6 is 0 Å². The lowest BCUT2D eigenvalue weighted by Crippen LogP contribution is -2.12. The van der Waals surface area contributed by atoms with Gasteiger partial charge in [-0.15, -0.1) is 0 Å². The van der Waals surface area contributed by atoms with Crippen LogP contribution in [0.1, 0.15) is 24.2 Å². The van der Waals surface area contributed by atoms with Gasteiger partial charge >= 0.3 is 5.97 Å². The first kappa shape index (κ1) is 13.1. The number of para-hydroxylation sites is 1. The van der Waals surface area contributed by atoms with Crippen molar-refractivity contribution in [3.8, 4) is 0 Å². The van der Waals surface area contributed by atoms with E-state index in [0.29, 0.717) is 5.56 Å². The number of benzene rings is 1. The standard InChI is InChI=1S/C15H15NO3/c1-10(2)7-15(18)19-9-14(17)12-8-16-13-6-4-3-5-11(12)13/h3-8,16H,9H2,1-2H3. The van der Waals surface area contributed by atoms with E-state index < -0.39 is 5.97 Å². The van der Waals surface area contributed by atoms with Gasteiger partial charge < -0.3 is 9.72 Å². The number of H-pyrrole nitrogens is 1. The number of fused-ring (bicyclic) bond motifs is 1. The molecule has 1 aromatic carbocycles. The molecule has 0 radical (unpaired) electrons. The van der Waals surface area contributed by atoms with Crippen LogP contribution in [0.15, 0.2) is 42.1 Å². The molecule has 2 rings (SSSR count). The number of carbonyl (C=O) groups excluding carboxylic acids is 2. The molecule has 1 aromatic heterocycles. The van der Waals surface area contributed by atoms with Crippen LogP contribution in [0, 0.1) is 0 Å². The maximum Gasteiger partial charge on any atom is 0.331 e. The van der Waals surface area contributed by atoms with Crippen molar-refractivity contribution >= 4 is 22.7 Å². The molecule has 98 valence electrons. The highest BCUT2D eigenvalue weighted by atomic mass is 16.5. The summed E-state index contributed by atoms with van der Waals surface area (Å²) in [6, 6.07) is 7.50. The van der Waals surface area contributed by atoms with Crippen LogP contribution in [-0.4, -0.2) is 23.3 Å². The molecule has 0 spiro atoms. The van der Waals surface area contributed by atoms with Crippen molar-refractivity contribution < 1.29 is 14.3 Å². The van der Waals surface area contributed by atoms with E-state index in [1.54, 1.807) is 20.0 Å². The number of ketones is 1. The van der Waals surface area contributed by atoms with E-state index >= 15 is 0 Å². The zero-order chi connectivity index (χ0) is 13.8. The summed E-state index contributed by atoms with van der Waals surface area (Å²) in [5.41, 5.74) is 2.27. The summed E-state index contributed by atoms with van der Waals surface area (Å²) in [7, 11) is 0. The molecule has 1 N–H and O–H groups in total. The van der Waals surface area contributed by atoms with Crippen LogP contribution in [0.25, 0.3) is 10.9 Å². The van der Waals surface area contributed by atoms with Gasteiger partial charge in [0.15, 0.2) is 6.61 Å². The average molecular weight is 257 g/mol. The first-order valence-corrected chi connectivity index (χ1v) is 5.99. The number of rotatable bonds is 4. The topological polar surface area (TPSA) is 59.2 Å². The van der Waals surface area contributed by atoms with E-state index in [9.17, 15) is 9.59 Å². The highest BCUT2D eigenvalue weighted by molar-refractivity contribution is 6.08. The molecule has 0 amide bonds. The molecule has 0 atom stereocenters. The number of esters is 1. The van der Waals surface area contributed by atoms with Crippen LogP contribution in [0.2, 0.25) is 0 Å². The summed E-state index contributed by atoms with van der Waals surface area (Å²) in [5, 5.41) is 0.839. The highest BCUT2D eigenvalue weighted by Gasteiger charge is 2.13. The van der Waals surface area contributed by atoms with Crippen molar-refractivity contribution in [1.82, 2.24) is 4.98 Å². The summed E-state index contributed by atoms with van der Waals surface area (Å²) in [6.07, 6.45) is 3.00. The Hall–Kier alpha value is -2.36. The molecule has 0 unspecified atom stereocenters. The third kappa shape index (κ3) is 3.10. The van der Waals surface area contributed by atoms with E-state index in [1.807, 2.05) is 24.3 Å². The highest BCUT2D eigenvalue weighted by Crippen LogP contribution is 2.18. The van der Waals surface area contributed by atoms with Gasteiger partial charge in [-0.25, -0.2) is 4.79 Å². The number of ether oxygens (including phenoxy) is 1. The number of hydrogen-bond acceptors (Lipinski definition) is 3. The van der Waals surface area contributed by atoms with E-state index in [0.717, 1.165) is 16.5 Å². The van der Waals surface area contributed by atoms with E-state index in [2.05, 4.69) is 4.98 Å². The number of aromatic nitrogens is 1. The molecule has 0 saturated heterocycles. The smallest absolute Gasteiger partial charge is 0.331 e. The Morgan fingerprint density at radius 2 is 2.00 bits per heavy atom. The van der Waals surface area contributed by atoms with Crippen LogP contribution in [0.4, 0.5) is 0 Å². The van der Waals surface area contributed by atoms with Gasteiger partial charge in [0.2, 0.25) is 5.78 Å². The quantitative estimate of drug-likeness (QED) is 0.520. The minimum atomic E-state index is -0.492. The molecule has 19 heavy (non-hydrogen) atoms. The predicted molar refractivity (Wildman–Crippen MR) is 73.0 cm³/mol. The van der Waals surface area contributed by atoms with Crippen LogP contribution in [0.5, 0.6) is 0 Å². The van der Waals surface area contributed by atoms with Crippen molar-refractivity contribution in [3.63, 3.8) is 0 Å². The van der Waals surface area contributed by atoms with Gasteiger partial charge in [0, 0.05) is 28.7 Å². The second-order valence-electron chi connectivity index (χ2n) is 4.50. The van der Waals surface area contributed by atoms with Crippen molar-refractivity contribution in [3.05, 3.63) is 47.7 Å². The minimum absolute atomic E-state index is 0.215. The second-order valence-corrected chi connectivity index (χ2v) is 4.50. The molecule has 0 saturated carbocycles. The summed E-state index contributed by atoms with van der Waals surface area (Å²) in [5.74, 6) is -0.707. The van der Waals surface area contributed by atoms with Gasteiger partial charge in [0.25, 0.3) is 0 Å². The zero-order valence-corrected chi connectivity index (χ0v) is 10.9. The molecular formula is C15H15NO3. The maximum absolute atomic E-state index is 12.0. The Balaban J connectivity index is 2.09. The van der Waals surface area contributed by atoms with Crippen molar-refractivity contribution in [2.75, 3.05) is 6.61 Å². The van der Waals surface area contributed by atoms with Crippen LogP contribution in [-0.2, 0) is 9.53 Å². The van der Waals surface area contributed by atoms with Crippen molar-refractivity contribution in [2.45, 2.75) is 13.8 Å². The largest absolute Gasteiger partial charge is 0.454 e. The predicted octanol–water partition coefficient (Wildman–Crippen LogP) is 2.86. The Labute approximate surface area is 111 Å². The summed E-state index contributed by atoms with van der Waals surface area (Å²) >= 11 is 0. The first-order chi connectivity index (χ1) is 9.08. The molecular weight excluding hydrogens is 242 g/mol. The molecule has 0 bridgehead atoms. The van der Waals surface area contributed by atoms with Gasteiger partial charge in [-0.3, -0.25) is 4.79 Å². The van der Waals surface area contributed by atoms with Gasteiger partial charge in [-0.05, 0) is 19.9 Å². The Morgan fingerprint density at radius 3 is 2.74 bits per heavy atom. The number of allylic oxidation sites excluding steroid dienone is 1. The van der Waals surface area contributed by atoms with E-state index in [4.69, 9.17) is 4.74 Å². The number of hydrogen-bond donors (Lipinski definition) is 1. The Morgan fingerprint density at radius 1 is 1.26 bits per heavy atom. The molecule has 4 nitrogen and oxygen atoms in total. The lowest BCUT2D eigenvalue weighted by Gasteiger charge is -2.01. The van der Waals surface area contributed by atoms with Crippen LogP contribution in [0.3, 0.4) is 0 Å². The number of aromatic amines is 1. The SMILES string of the molecule is CC(C)=CC(=O)OCC(=O)c1c[nH]c2ccccc12. The summed E-state index contributed by atoms with van der Waals surface area (Å²) < 4.78 is 4.91. The number of Topliss-reactive ketones (excluding diaryl/α,β-unsaturated/α-hetero) is 1. The lowest BCUT2D eigenvalue weighted by molar-refractivity contribution is -0.136. The van der Waals surface area contributed by atoms with Gasteiger partial charge in [-0.2, -0.15) is 0 Å². The molecule has 0 fully saturated rings. The van der Waals surface area contributed by atoms with Gasteiger partial charge in [-0.1, -0.05) is 23.8 Å². The van der Waals surface area contributed by atoms with Gasteiger partial charge in [0.1, 0.15) is 0 Å². The molecule has 4 heteroatoms. The fourth-order valence-corrected chi connectivity index (χ4v) is 1.79.